The van der Waals surface area contributed by atoms with Crippen molar-refractivity contribution >= 4 is 33.3 Å². The van der Waals surface area contributed by atoms with Gasteiger partial charge in [0.25, 0.3) is 10.0 Å². The lowest BCUT2D eigenvalue weighted by Gasteiger charge is -2.15. The van der Waals surface area contributed by atoms with Crippen molar-refractivity contribution in [1.29, 1.82) is 0 Å². The van der Waals surface area contributed by atoms with Crippen LogP contribution in [0.15, 0.2) is 35.2 Å². The number of nitrogens with one attached hydrogen (secondary N) is 1. The van der Waals surface area contributed by atoms with Gasteiger partial charge in [-0.2, -0.15) is 0 Å². The zero-order chi connectivity index (χ0) is 18.1. The number of halogens is 1. The van der Waals surface area contributed by atoms with Crippen LogP contribution in [0.25, 0.3) is 0 Å². The van der Waals surface area contributed by atoms with Crippen molar-refractivity contribution in [2.45, 2.75) is 18.7 Å². The molecule has 0 amide bonds. The van der Waals surface area contributed by atoms with Crippen molar-refractivity contribution in [2.75, 3.05) is 11.8 Å². The summed E-state index contributed by atoms with van der Waals surface area (Å²) < 4.78 is 32.9. The van der Waals surface area contributed by atoms with Crippen molar-refractivity contribution in [3.8, 4) is 5.75 Å². The smallest absolute Gasteiger partial charge is 0.335 e. The molecule has 0 radical (unpaired) electrons. The number of ether oxygens (including phenoxy) is 1. The molecule has 0 atom stereocenters. The number of methoxy groups -OCH3 is 1. The fraction of sp³-hybridized carbons (Fsp3) is 0.188. The summed E-state index contributed by atoms with van der Waals surface area (Å²) in [7, 11) is -2.60. The van der Waals surface area contributed by atoms with Crippen LogP contribution in [-0.2, 0) is 10.0 Å². The molecule has 0 aliphatic carbocycles. The number of rotatable bonds is 5. The van der Waals surface area contributed by atoms with E-state index in [1.54, 1.807) is 19.9 Å². The van der Waals surface area contributed by atoms with Gasteiger partial charge in [0.15, 0.2) is 0 Å². The summed E-state index contributed by atoms with van der Waals surface area (Å²) >= 11 is 6.01. The lowest BCUT2D eigenvalue weighted by molar-refractivity contribution is 0.0696. The first-order chi connectivity index (χ1) is 11.2. The van der Waals surface area contributed by atoms with Crippen molar-refractivity contribution in [3.05, 3.63) is 52.0 Å². The molecule has 0 aliphatic rings. The molecule has 8 heteroatoms. The van der Waals surface area contributed by atoms with E-state index in [0.29, 0.717) is 16.1 Å². The molecule has 0 saturated heterocycles. The fourth-order valence-electron chi connectivity index (χ4n) is 2.13. The number of aryl methyl sites for hydroxylation is 2. The zero-order valence-electron chi connectivity index (χ0n) is 13.3. The van der Waals surface area contributed by atoms with Gasteiger partial charge in [0.2, 0.25) is 0 Å². The number of carbonyl (C=O) groups is 1. The number of benzene rings is 2. The Morgan fingerprint density at radius 1 is 1.17 bits per heavy atom. The molecule has 24 heavy (non-hydrogen) atoms. The average Bonchev–Trinajstić information content (AvgIpc) is 2.50. The van der Waals surface area contributed by atoms with E-state index < -0.39 is 16.0 Å². The Labute approximate surface area is 145 Å². The largest absolute Gasteiger partial charge is 0.495 e. The van der Waals surface area contributed by atoms with Gasteiger partial charge in [0.05, 0.1) is 23.3 Å². The standard InChI is InChI=1S/C16H16ClNO5S/c1-9-4-5-11(16(19)20)7-15(9)24(21,22)18-13-6-10(2)12(17)8-14(13)23-3/h4-8,18H,1-3H3,(H,19,20). The predicted octanol–water partition coefficient (Wildman–Crippen LogP) is 3.46. The molecular formula is C16H16ClNO5S. The second-order valence-corrected chi connectivity index (χ2v) is 7.25. The van der Waals surface area contributed by atoms with Crippen molar-refractivity contribution in [3.63, 3.8) is 0 Å². The van der Waals surface area contributed by atoms with Crippen molar-refractivity contribution in [1.82, 2.24) is 0 Å². The second-order valence-electron chi connectivity index (χ2n) is 5.19. The van der Waals surface area contributed by atoms with Gasteiger partial charge in [-0.05, 0) is 43.2 Å². The molecule has 2 rings (SSSR count). The fourth-order valence-corrected chi connectivity index (χ4v) is 3.62. The van der Waals surface area contributed by atoms with E-state index in [1.807, 2.05) is 0 Å². The van der Waals surface area contributed by atoms with Crippen LogP contribution in [0.4, 0.5) is 5.69 Å². The van der Waals surface area contributed by atoms with E-state index in [9.17, 15) is 13.2 Å². The molecule has 0 spiro atoms. The summed E-state index contributed by atoms with van der Waals surface area (Å²) in [4.78, 5) is 11.0. The van der Waals surface area contributed by atoms with Crippen LogP contribution in [0, 0.1) is 13.8 Å². The number of carboxylic acid groups (broad SMARTS) is 1. The van der Waals surface area contributed by atoms with Gasteiger partial charge in [-0.15, -0.1) is 0 Å². The monoisotopic (exact) mass is 369 g/mol. The van der Waals surface area contributed by atoms with Crippen LogP contribution in [0.2, 0.25) is 5.02 Å². The number of hydrogen-bond acceptors (Lipinski definition) is 4. The van der Waals surface area contributed by atoms with E-state index in [2.05, 4.69) is 4.72 Å². The molecular weight excluding hydrogens is 354 g/mol. The highest BCUT2D eigenvalue weighted by atomic mass is 35.5. The normalized spacial score (nSPS) is 11.2. The Balaban J connectivity index is 2.52. The van der Waals surface area contributed by atoms with Gasteiger partial charge >= 0.3 is 5.97 Å². The molecule has 0 aromatic heterocycles. The average molecular weight is 370 g/mol. The highest BCUT2D eigenvalue weighted by Gasteiger charge is 2.21. The van der Waals surface area contributed by atoms with Gasteiger partial charge in [0, 0.05) is 11.1 Å². The molecule has 2 N–H and O–H groups in total. The Morgan fingerprint density at radius 2 is 1.83 bits per heavy atom. The minimum absolute atomic E-state index is 0.111. The van der Waals surface area contributed by atoms with Crippen LogP contribution in [0.5, 0.6) is 5.75 Å². The lowest BCUT2D eigenvalue weighted by atomic mass is 10.1. The van der Waals surface area contributed by atoms with Crippen LogP contribution in [0.1, 0.15) is 21.5 Å². The second kappa shape index (κ2) is 6.70. The highest BCUT2D eigenvalue weighted by molar-refractivity contribution is 7.92. The van der Waals surface area contributed by atoms with Gasteiger partial charge in [-0.25, -0.2) is 13.2 Å². The zero-order valence-corrected chi connectivity index (χ0v) is 14.8. The molecule has 0 bridgehead atoms. The van der Waals surface area contributed by atoms with E-state index in [1.165, 1.54) is 25.3 Å². The predicted molar refractivity (Wildman–Crippen MR) is 91.7 cm³/mol. The molecule has 0 saturated carbocycles. The van der Waals surface area contributed by atoms with Crippen molar-refractivity contribution in [2.24, 2.45) is 0 Å². The highest BCUT2D eigenvalue weighted by Crippen LogP contribution is 2.33. The third-order valence-corrected chi connectivity index (χ3v) is 5.36. The lowest BCUT2D eigenvalue weighted by Crippen LogP contribution is -2.16. The summed E-state index contributed by atoms with van der Waals surface area (Å²) in [5, 5.41) is 9.50. The Morgan fingerprint density at radius 3 is 2.42 bits per heavy atom. The molecule has 2 aromatic rings. The summed E-state index contributed by atoms with van der Waals surface area (Å²) in [6.45, 7) is 3.32. The first-order valence-corrected chi connectivity index (χ1v) is 8.72. The maximum absolute atomic E-state index is 12.7. The van der Waals surface area contributed by atoms with E-state index in [-0.39, 0.29) is 21.9 Å². The topological polar surface area (TPSA) is 92.7 Å². The van der Waals surface area contributed by atoms with Crippen LogP contribution >= 0.6 is 11.6 Å². The third kappa shape index (κ3) is 3.63. The number of aromatic carboxylic acids is 1. The number of sulfonamides is 1. The van der Waals surface area contributed by atoms with E-state index >= 15 is 0 Å². The number of hydrogen-bond donors (Lipinski definition) is 2. The van der Waals surface area contributed by atoms with Crippen LogP contribution < -0.4 is 9.46 Å². The molecule has 0 fully saturated rings. The SMILES string of the molecule is COc1cc(Cl)c(C)cc1NS(=O)(=O)c1cc(C(=O)O)ccc1C. The molecule has 128 valence electrons. The van der Waals surface area contributed by atoms with E-state index in [0.717, 1.165) is 6.07 Å². The van der Waals surface area contributed by atoms with Gasteiger partial charge in [-0.1, -0.05) is 17.7 Å². The Hall–Kier alpha value is -2.25. The third-order valence-electron chi connectivity index (χ3n) is 3.45. The van der Waals surface area contributed by atoms with E-state index in [4.69, 9.17) is 21.4 Å². The van der Waals surface area contributed by atoms with Gasteiger partial charge < -0.3 is 9.84 Å². The van der Waals surface area contributed by atoms with Gasteiger partial charge in [-0.3, -0.25) is 4.72 Å². The summed E-state index contributed by atoms with van der Waals surface area (Å²) in [5.41, 5.74) is 1.21. The molecule has 0 heterocycles. The van der Waals surface area contributed by atoms with Crippen LogP contribution in [0.3, 0.4) is 0 Å². The number of anilines is 1. The molecule has 6 nitrogen and oxygen atoms in total. The molecule has 0 unspecified atom stereocenters. The minimum atomic E-state index is -4.00. The Bertz CT molecular complexity index is 909. The first-order valence-electron chi connectivity index (χ1n) is 6.86. The quantitative estimate of drug-likeness (QED) is 0.841. The maximum Gasteiger partial charge on any atom is 0.335 e. The summed E-state index contributed by atoms with van der Waals surface area (Å²) in [5.74, 6) is -0.937. The number of carboxylic acids is 1. The molecule has 0 aliphatic heterocycles. The van der Waals surface area contributed by atoms with Gasteiger partial charge in [0.1, 0.15) is 5.75 Å². The minimum Gasteiger partial charge on any atom is -0.495 e. The van der Waals surface area contributed by atoms with Crippen LogP contribution in [-0.4, -0.2) is 26.6 Å². The Kier molecular flexibility index (Phi) is 5.05. The summed E-state index contributed by atoms with van der Waals surface area (Å²) in [6, 6.07) is 6.98. The summed E-state index contributed by atoms with van der Waals surface area (Å²) in [6.07, 6.45) is 0. The maximum atomic E-state index is 12.7. The first kappa shape index (κ1) is 18.1. The molecule has 2 aromatic carbocycles. The van der Waals surface area contributed by atoms with Crippen molar-refractivity contribution < 1.29 is 23.1 Å².